The van der Waals surface area contributed by atoms with E-state index in [2.05, 4.69) is 15.3 Å². The smallest absolute Gasteiger partial charge is 0.408 e. The van der Waals surface area contributed by atoms with E-state index >= 15 is 0 Å². The zero-order chi connectivity index (χ0) is 16.7. The molecule has 0 spiro atoms. The molecule has 0 radical (unpaired) electrons. The van der Waals surface area contributed by atoms with E-state index in [1.165, 1.54) is 12.5 Å². The molecule has 0 aliphatic carbocycles. The summed E-state index contributed by atoms with van der Waals surface area (Å²) in [6, 6.07) is 10.8. The minimum atomic E-state index is -1.19. The predicted octanol–water partition coefficient (Wildman–Crippen LogP) is 2.09. The Balaban J connectivity index is 2.05. The second-order valence-corrected chi connectivity index (χ2v) is 5.18. The van der Waals surface area contributed by atoms with Crippen LogP contribution < -0.4 is 5.32 Å². The number of nitrogens with zero attached hydrogens (tertiary/aromatic N) is 2. The molecule has 0 aliphatic rings. The molecule has 0 saturated carbocycles. The first-order valence-electron chi connectivity index (χ1n) is 6.97. The third-order valence-corrected chi connectivity index (χ3v) is 3.24. The van der Waals surface area contributed by atoms with Crippen LogP contribution in [0.2, 0.25) is 0 Å². The first-order chi connectivity index (χ1) is 11.0. The van der Waals surface area contributed by atoms with Gasteiger partial charge in [0, 0.05) is 6.20 Å². The van der Waals surface area contributed by atoms with Gasteiger partial charge in [-0.1, -0.05) is 30.3 Å². The van der Waals surface area contributed by atoms with E-state index in [-0.39, 0.29) is 13.0 Å². The molecule has 120 valence electrons. The van der Waals surface area contributed by atoms with E-state index in [1.807, 2.05) is 30.3 Å². The molecular formula is C16H17N3O4. The number of rotatable bonds is 6. The first-order valence-corrected chi connectivity index (χ1v) is 6.97. The molecule has 7 heteroatoms. The van der Waals surface area contributed by atoms with Gasteiger partial charge in [-0.2, -0.15) is 0 Å². The van der Waals surface area contributed by atoms with Crippen molar-refractivity contribution in [1.82, 2.24) is 15.3 Å². The van der Waals surface area contributed by atoms with Gasteiger partial charge in [-0.15, -0.1) is 0 Å². The van der Waals surface area contributed by atoms with E-state index in [0.717, 1.165) is 5.56 Å². The van der Waals surface area contributed by atoms with Crippen LogP contribution in [0.3, 0.4) is 0 Å². The molecule has 1 aromatic carbocycles. The summed E-state index contributed by atoms with van der Waals surface area (Å²) in [5.74, 6) is -1.06. The summed E-state index contributed by atoms with van der Waals surface area (Å²) in [5.41, 5.74) is 0.0407. The summed E-state index contributed by atoms with van der Waals surface area (Å²) < 4.78 is 5.14. The summed E-state index contributed by atoms with van der Waals surface area (Å²) in [6.45, 7) is 1.67. The largest absolute Gasteiger partial charge is 0.481 e. The van der Waals surface area contributed by atoms with Crippen LogP contribution in [0.5, 0.6) is 0 Å². The summed E-state index contributed by atoms with van der Waals surface area (Å²) in [4.78, 5) is 31.0. The normalized spacial score (nSPS) is 12.9. The highest BCUT2D eigenvalue weighted by Crippen LogP contribution is 2.22. The molecule has 1 heterocycles. The van der Waals surface area contributed by atoms with Gasteiger partial charge in [-0.3, -0.25) is 4.79 Å². The molecule has 2 rings (SSSR count). The Bertz CT molecular complexity index is 664. The number of alkyl carbamates (subject to hydrolysis) is 1. The molecule has 1 amide bonds. The van der Waals surface area contributed by atoms with Crippen LogP contribution in [-0.2, 0) is 21.7 Å². The van der Waals surface area contributed by atoms with Crippen molar-refractivity contribution in [2.24, 2.45) is 0 Å². The SMILES string of the molecule is CC(CC(=O)O)(NC(=O)OCc1ccccc1)c1ccncn1. The van der Waals surface area contributed by atoms with E-state index in [4.69, 9.17) is 9.84 Å². The lowest BCUT2D eigenvalue weighted by atomic mass is 9.93. The molecule has 0 aliphatic heterocycles. The molecule has 23 heavy (non-hydrogen) atoms. The number of amides is 1. The highest BCUT2D eigenvalue weighted by Gasteiger charge is 2.33. The zero-order valence-corrected chi connectivity index (χ0v) is 12.6. The Morgan fingerprint density at radius 2 is 2.00 bits per heavy atom. The van der Waals surface area contributed by atoms with Gasteiger partial charge in [-0.05, 0) is 18.6 Å². The van der Waals surface area contributed by atoms with Gasteiger partial charge in [0.15, 0.2) is 0 Å². The maximum atomic E-state index is 12.0. The van der Waals surface area contributed by atoms with E-state index in [1.54, 1.807) is 13.0 Å². The number of ether oxygens (including phenoxy) is 1. The molecule has 0 saturated heterocycles. The van der Waals surface area contributed by atoms with Crippen LogP contribution >= 0.6 is 0 Å². The summed E-state index contributed by atoms with van der Waals surface area (Å²) in [5, 5.41) is 11.7. The third-order valence-electron chi connectivity index (χ3n) is 3.24. The molecule has 7 nitrogen and oxygen atoms in total. The topological polar surface area (TPSA) is 101 Å². The monoisotopic (exact) mass is 315 g/mol. The quantitative estimate of drug-likeness (QED) is 0.846. The molecule has 1 aromatic heterocycles. The van der Waals surface area contributed by atoms with Crippen molar-refractivity contribution < 1.29 is 19.4 Å². The molecule has 2 aromatic rings. The lowest BCUT2D eigenvalue weighted by molar-refractivity contribution is -0.138. The summed E-state index contributed by atoms with van der Waals surface area (Å²) in [6.07, 6.45) is 1.74. The number of carbonyl (C=O) groups excluding carboxylic acids is 1. The Morgan fingerprint density at radius 1 is 1.26 bits per heavy atom. The number of hydrogen-bond acceptors (Lipinski definition) is 5. The number of aromatic nitrogens is 2. The molecular weight excluding hydrogens is 298 g/mol. The van der Waals surface area contributed by atoms with Crippen molar-refractivity contribution in [2.75, 3.05) is 0 Å². The van der Waals surface area contributed by atoms with Gasteiger partial charge >= 0.3 is 12.1 Å². The van der Waals surface area contributed by atoms with Crippen molar-refractivity contribution in [3.8, 4) is 0 Å². The average Bonchev–Trinajstić information content (AvgIpc) is 2.54. The third kappa shape index (κ3) is 4.77. The molecule has 0 bridgehead atoms. The number of carboxylic acid groups (broad SMARTS) is 1. The van der Waals surface area contributed by atoms with Crippen LogP contribution in [0, 0.1) is 0 Å². The van der Waals surface area contributed by atoms with Crippen LogP contribution in [0.15, 0.2) is 48.9 Å². The van der Waals surface area contributed by atoms with Gasteiger partial charge in [0.25, 0.3) is 0 Å². The average molecular weight is 315 g/mol. The van der Waals surface area contributed by atoms with Crippen molar-refractivity contribution in [1.29, 1.82) is 0 Å². The summed E-state index contributed by atoms with van der Waals surface area (Å²) in [7, 11) is 0. The fourth-order valence-corrected chi connectivity index (χ4v) is 2.10. The summed E-state index contributed by atoms with van der Waals surface area (Å²) >= 11 is 0. The van der Waals surface area contributed by atoms with Crippen molar-refractivity contribution in [3.63, 3.8) is 0 Å². The fraction of sp³-hybridized carbons (Fsp3) is 0.250. The molecule has 2 N–H and O–H groups in total. The second-order valence-electron chi connectivity index (χ2n) is 5.18. The van der Waals surface area contributed by atoms with E-state index < -0.39 is 17.6 Å². The standard InChI is InChI=1S/C16H17N3O4/c1-16(9-14(20)21,13-7-8-17-11-18-13)19-15(22)23-10-12-5-3-2-4-6-12/h2-8,11H,9-10H2,1H3,(H,19,22)(H,20,21). The number of carbonyl (C=O) groups is 2. The zero-order valence-electron chi connectivity index (χ0n) is 12.6. The van der Waals surface area contributed by atoms with E-state index in [0.29, 0.717) is 5.69 Å². The Labute approximate surface area is 133 Å². The minimum absolute atomic E-state index is 0.0968. The van der Waals surface area contributed by atoms with Crippen molar-refractivity contribution >= 4 is 12.1 Å². The van der Waals surface area contributed by atoms with Crippen molar-refractivity contribution in [3.05, 3.63) is 60.2 Å². The van der Waals surface area contributed by atoms with Gasteiger partial charge in [0.05, 0.1) is 17.7 Å². The lowest BCUT2D eigenvalue weighted by Crippen LogP contribution is -2.45. The van der Waals surface area contributed by atoms with Crippen LogP contribution in [0.1, 0.15) is 24.6 Å². The number of nitrogens with one attached hydrogen (secondary N) is 1. The van der Waals surface area contributed by atoms with Gasteiger partial charge in [0.1, 0.15) is 12.9 Å². The fourth-order valence-electron chi connectivity index (χ4n) is 2.10. The first kappa shape index (κ1) is 16.4. The van der Waals surface area contributed by atoms with Gasteiger partial charge in [-0.25, -0.2) is 14.8 Å². The van der Waals surface area contributed by atoms with Crippen LogP contribution in [0.25, 0.3) is 0 Å². The second kappa shape index (κ2) is 7.35. The maximum absolute atomic E-state index is 12.0. The number of carboxylic acids is 1. The van der Waals surface area contributed by atoms with Gasteiger partial charge in [0.2, 0.25) is 0 Å². The van der Waals surface area contributed by atoms with Gasteiger partial charge < -0.3 is 15.2 Å². The number of aliphatic carboxylic acids is 1. The highest BCUT2D eigenvalue weighted by molar-refractivity contribution is 5.73. The molecule has 1 unspecified atom stereocenters. The highest BCUT2D eigenvalue weighted by atomic mass is 16.5. The Hall–Kier alpha value is -2.96. The lowest BCUT2D eigenvalue weighted by Gasteiger charge is -2.28. The van der Waals surface area contributed by atoms with Crippen LogP contribution in [-0.4, -0.2) is 27.1 Å². The number of benzene rings is 1. The minimum Gasteiger partial charge on any atom is -0.481 e. The molecule has 0 fully saturated rings. The van der Waals surface area contributed by atoms with Crippen LogP contribution in [0.4, 0.5) is 4.79 Å². The van der Waals surface area contributed by atoms with Crippen molar-refractivity contribution in [2.45, 2.75) is 25.5 Å². The predicted molar refractivity (Wildman–Crippen MR) is 81.4 cm³/mol. The number of hydrogen-bond donors (Lipinski definition) is 2. The van der Waals surface area contributed by atoms with E-state index in [9.17, 15) is 9.59 Å². The Kier molecular flexibility index (Phi) is 5.24. The molecule has 1 atom stereocenters. The Morgan fingerprint density at radius 3 is 2.61 bits per heavy atom. The maximum Gasteiger partial charge on any atom is 0.408 e.